The molecule has 0 aliphatic rings. The highest BCUT2D eigenvalue weighted by atomic mass is 16.5. The fourth-order valence-corrected chi connectivity index (χ4v) is 1.72. The summed E-state index contributed by atoms with van der Waals surface area (Å²) in [5, 5.41) is 4.23. The zero-order valence-corrected chi connectivity index (χ0v) is 10.8. The molecule has 1 aromatic carbocycles. The lowest BCUT2D eigenvalue weighted by atomic mass is 10.2. The van der Waals surface area contributed by atoms with Crippen molar-refractivity contribution in [2.45, 2.75) is 26.9 Å². The van der Waals surface area contributed by atoms with Crippen LogP contribution in [0.3, 0.4) is 0 Å². The van der Waals surface area contributed by atoms with E-state index in [2.05, 4.69) is 5.10 Å². The average Bonchev–Trinajstić information content (AvgIpc) is 2.71. The van der Waals surface area contributed by atoms with Gasteiger partial charge in [-0.25, -0.2) is 9.48 Å². The van der Waals surface area contributed by atoms with Gasteiger partial charge in [0.15, 0.2) is 0 Å². The number of hydrogen-bond donors (Lipinski definition) is 0. The molecule has 0 amide bonds. The molecule has 1 aromatic heterocycles. The zero-order valence-electron chi connectivity index (χ0n) is 10.8. The van der Waals surface area contributed by atoms with Crippen molar-refractivity contribution < 1.29 is 9.53 Å². The molecule has 0 N–H and O–H groups in total. The Bertz CT molecular complexity index is 544. The van der Waals surface area contributed by atoms with Crippen LogP contribution < -0.4 is 0 Å². The van der Waals surface area contributed by atoms with Crippen LogP contribution in [0.15, 0.2) is 36.5 Å². The highest BCUT2D eigenvalue weighted by Crippen LogP contribution is 2.15. The Morgan fingerprint density at radius 2 is 1.94 bits per heavy atom. The van der Waals surface area contributed by atoms with Crippen LogP contribution in [0.1, 0.15) is 29.9 Å². The molecule has 1 heterocycles. The minimum Gasteiger partial charge on any atom is -0.459 e. The van der Waals surface area contributed by atoms with Gasteiger partial charge in [0.25, 0.3) is 0 Å². The first-order valence-electron chi connectivity index (χ1n) is 5.90. The van der Waals surface area contributed by atoms with Crippen molar-refractivity contribution in [3.63, 3.8) is 0 Å². The number of benzene rings is 1. The van der Waals surface area contributed by atoms with Crippen molar-refractivity contribution in [1.82, 2.24) is 9.78 Å². The number of esters is 1. The smallest absolute Gasteiger partial charge is 0.341 e. The Labute approximate surface area is 106 Å². The molecular weight excluding hydrogens is 228 g/mol. The van der Waals surface area contributed by atoms with E-state index in [4.69, 9.17) is 4.74 Å². The van der Waals surface area contributed by atoms with Crippen molar-refractivity contribution >= 4 is 5.97 Å². The van der Waals surface area contributed by atoms with E-state index in [-0.39, 0.29) is 12.1 Å². The number of ether oxygens (including phenoxy) is 1. The van der Waals surface area contributed by atoms with E-state index in [1.165, 1.54) is 0 Å². The Hall–Kier alpha value is -2.10. The summed E-state index contributed by atoms with van der Waals surface area (Å²) in [6.07, 6.45) is 1.42. The number of carbonyl (C=O) groups is 1. The van der Waals surface area contributed by atoms with E-state index in [9.17, 15) is 4.79 Å². The van der Waals surface area contributed by atoms with E-state index in [0.29, 0.717) is 5.56 Å². The Balaban J connectivity index is 2.32. The second-order valence-corrected chi connectivity index (χ2v) is 4.35. The van der Waals surface area contributed by atoms with Crippen LogP contribution in [-0.4, -0.2) is 21.9 Å². The largest absolute Gasteiger partial charge is 0.459 e. The lowest BCUT2D eigenvalue weighted by Crippen LogP contribution is -2.12. The molecule has 4 heteroatoms. The van der Waals surface area contributed by atoms with E-state index >= 15 is 0 Å². The maximum atomic E-state index is 11.8. The number of hydrogen-bond acceptors (Lipinski definition) is 3. The van der Waals surface area contributed by atoms with Crippen LogP contribution in [0.25, 0.3) is 5.69 Å². The number of para-hydroxylation sites is 1. The van der Waals surface area contributed by atoms with Gasteiger partial charge in [0.1, 0.15) is 5.56 Å². The summed E-state index contributed by atoms with van der Waals surface area (Å²) in [5.74, 6) is -0.329. The van der Waals surface area contributed by atoms with Gasteiger partial charge in [-0.15, -0.1) is 0 Å². The van der Waals surface area contributed by atoms with Gasteiger partial charge < -0.3 is 4.74 Å². The molecule has 0 aliphatic carbocycles. The second-order valence-electron chi connectivity index (χ2n) is 4.35. The Kier molecular flexibility index (Phi) is 3.46. The highest BCUT2D eigenvalue weighted by Gasteiger charge is 2.17. The third-order valence-electron chi connectivity index (χ3n) is 2.57. The van der Waals surface area contributed by atoms with E-state index in [1.807, 2.05) is 51.1 Å². The fraction of sp³-hybridized carbons (Fsp3) is 0.286. The molecule has 0 saturated heterocycles. The first-order chi connectivity index (χ1) is 8.59. The Morgan fingerprint density at radius 1 is 1.28 bits per heavy atom. The van der Waals surface area contributed by atoms with Gasteiger partial charge in [-0.05, 0) is 32.9 Å². The van der Waals surface area contributed by atoms with Crippen LogP contribution in [0.4, 0.5) is 0 Å². The lowest BCUT2D eigenvalue weighted by molar-refractivity contribution is 0.0377. The van der Waals surface area contributed by atoms with Crippen molar-refractivity contribution in [2.24, 2.45) is 0 Å². The topological polar surface area (TPSA) is 44.1 Å². The summed E-state index contributed by atoms with van der Waals surface area (Å²) in [5.41, 5.74) is 2.22. The summed E-state index contributed by atoms with van der Waals surface area (Å²) in [7, 11) is 0. The van der Waals surface area contributed by atoms with Crippen molar-refractivity contribution in [2.75, 3.05) is 0 Å². The molecule has 0 atom stereocenters. The number of nitrogens with zero attached hydrogens (tertiary/aromatic N) is 2. The summed E-state index contributed by atoms with van der Waals surface area (Å²) < 4.78 is 6.91. The average molecular weight is 244 g/mol. The maximum Gasteiger partial charge on any atom is 0.341 e. The number of carbonyl (C=O) groups excluding carboxylic acids is 1. The molecule has 94 valence electrons. The van der Waals surface area contributed by atoms with Gasteiger partial charge in [0.05, 0.1) is 23.7 Å². The predicted octanol–water partition coefficient (Wildman–Crippen LogP) is 2.75. The van der Waals surface area contributed by atoms with Crippen molar-refractivity contribution in [1.29, 1.82) is 0 Å². The predicted molar refractivity (Wildman–Crippen MR) is 68.9 cm³/mol. The molecule has 0 fully saturated rings. The molecule has 0 spiro atoms. The van der Waals surface area contributed by atoms with E-state index < -0.39 is 0 Å². The first-order valence-corrected chi connectivity index (χ1v) is 5.90. The van der Waals surface area contributed by atoms with Gasteiger partial charge in [0.2, 0.25) is 0 Å². The molecule has 0 aliphatic heterocycles. The molecule has 2 rings (SSSR count). The van der Waals surface area contributed by atoms with Gasteiger partial charge in [-0.2, -0.15) is 5.10 Å². The van der Waals surface area contributed by atoms with E-state index in [1.54, 1.807) is 10.9 Å². The SMILES string of the molecule is Cc1c(C(=O)OC(C)C)cnn1-c1ccccc1. The first kappa shape index (κ1) is 12.4. The molecule has 18 heavy (non-hydrogen) atoms. The van der Waals surface area contributed by atoms with Crippen LogP contribution >= 0.6 is 0 Å². The lowest BCUT2D eigenvalue weighted by Gasteiger charge is -2.08. The minimum absolute atomic E-state index is 0.128. The highest BCUT2D eigenvalue weighted by molar-refractivity contribution is 5.90. The summed E-state index contributed by atoms with van der Waals surface area (Å²) in [6, 6.07) is 9.69. The minimum atomic E-state index is -0.329. The molecule has 0 saturated carbocycles. The number of rotatable bonds is 3. The van der Waals surface area contributed by atoms with Crippen molar-refractivity contribution in [3.05, 3.63) is 47.8 Å². The van der Waals surface area contributed by atoms with Crippen LogP contribution in [0.5, 0.6) is 0 Å². The normalized spacial score (nSPS) is 10.7. The quantitative estimate of drug-likeness (QED) is 0.780. The second kappa shape index (κ2) is 5.04. The Morgan fingerprint density at radius 3 is 2.56 bits per heavy atom. The summed E-state index contributed by atoms with van der Waals surface area (Å²) >= 11 is 0. The van der Waals surface area contributed by atoms with Gasteiger partial charge in [-0.1, -0.05) is 18.2 Å². The van der Waals surface area contributed by atoms with Crippen LogP contribution in [0.2, 0.25) is 0 Å². The molecule has 0 unspecified atom stereocenters. The van der Waals surface area contributed by atoms with E-state index in [0.717, 1.165) is 11.4 Å². The third kappa shape index (κ3) is 2.42. The van der Waals surface area contributed by atoms with Gasteiger partial charge in [0, 0.05) is 0 Å². The standard InChI is InChI=1S/C14H16N2O2/c1-10(2)18-14(17)13-9-15-16(11(13)3)12-7-5-4-6-8-12/h4-10H,1-3H3. The molecule has 4 nitrogen and oxygen atoms in total. The molecule has 0 radical (unpaired) electrons. The zero-order chi connectivity index (χ0) is 13.1. The monoisotopic (exact) mass is 244 g/mol. The molecule has 2 aromatic rings. The van der Waals surface area contributed by atoms with Crippen molar-refractivity contribution in [3.8, 4) is 5.69 Å². The fourth-order valence-electron chi connectivity index (χ4n) is 1.72. The molecule has 0 bridgehead atoms. The van der Waals surface area contributed by atoms with Gasteiger partial charge in [-0.3, -0.25) is 0 Å². The molecular formula is C14H16N2O2. The summed E-state index contributed by atoms with van der Waals surface area (Å²) in [6.45, 7) is 5.51. The maximum absolute atomic E-state index is 11.8. The number of aromatic nitrogens is 2. The van der Waals surface area contributed by atoms with Crippen LogP contribution in [0, 0.1) is 6.92 Å². The summed E-state index contributed by atoms with van der Waals surface area (Å²) in [4.78, 5) is 11.8. The third-order valence-corrected chi connectivity index (χ3v) is 2.57. The van der Waals surface area contributed by atoms with Crippen LogP contribution in [-0.2, 0) is 4.74 Å². The van der Waals surface area contributed by atoms with Gasteiger partial charge >= 0.3 is 5.97 Å².